The van der Waals surface area contributed by atoms with Crippen molar-refractivity contribution in [2.75, 3.05) is 4.72 Å². The van der Waals surface area contributed by atoms with Crippen molar-refractivity contribution in [2.24, 2.45) is 0 Å². The molecule has 0 bridgehead atoms. The second kappa shape index (κ2) is 7.70. The van der Waals surface area contributed by atoms with Crippen molar-refractivity contribution in [3.63, 3.8) is 0 Å². The van der Waals surface area contributed by atoms with Crippen molar-refractivity contribution in [2.45, 2.75) is 44.0 Å². The van der Waals surface area contributed by atoms with Crippen molar-refractivity contribution in [3.8, 4) is 0 Å². The molecule has 0 saturated heterocycles. The molecule has 25 heavy (non-hydrogen) atoms. The van der Waals surface area contributed by atoms with Gasteiger partial charge in [0.05, 0.1) is 4.90 Å². The Kier molecular flexibility index (Phi) is 5.85. The van der Waals surface area contributed by atoms with Crippen molar-refractivity contribution >= 4 is 21.9 Å². The van der Waals surface area contributed by atoms with Crippen LogP contribution < -0.4 is 4.72 Å². The number of hydrogen-bond acceptors (Lipinski definition) is 3. The van der Waals surface area contributed by atoms with Crippen LogP contribution in [0.25, 0.3) is 0 Å². The van der Waals surface area contributed by atoms with E-state index >= 15 is 0 Å². The van der Waals surface area contributed by atoms with E-state index in [0.717, 1.165) is 16.7 Å². The Morgan fingerprint density at radius 1 is 1.04 bits per heavy atom. The zero-order valence-corrected chi connectivity index (χ0v) is 15.6. The number of aryl methyl sites for hydroxylation is 1. The first-order chi connectivity index (χ1) is 11.7. The van der Waals surface area contributed by atoms with Crippen LogP contribution in [0.5, 0.6) is 0 Å². The van der Waals surface area contributed by atoms with Gasteiger partial charge in [0.15, 0.2) is 11.8 Å². The predicted molar refractivity (Wildman–Crippen MR) is 101 cm³/mol. The average Bonchev–Trinajstić information content (AvgIpc) is 2.56. The molecule has 0 radical (unpaired) electrons. The van der Waals surface area contributed by atoms with Gasteiger partial charge < -0.3 is 5.21 Å². The summed E-state index contributed by atoms with van der Waals surface area (Å²) in [4.78, 5) is 0.228. The summed E-state index contributed by atoms with van der Waals surface area (Å²) >= 11 is 0. The highest BCUT2D eigenvalue weighted by Crippen LogP contribution is 2.17. The van der Waals surface area contributed by atoms with E-state index in [4.69, 9.17) is 0 Å². The number of hydrogen-bond donors (Lipinski definition) is 1. The lowest BCUT2D eigenvalue weighted by atomic mass is 10.1. The number of sulfonamides is 1. The van der Waals surface area contributed by atoms with Gasteiger partial charge in [-0.3, -0.25) is 4.72 Å². The second-order valence-corrected chi connectivity index (χ2v) is 8.52. The van der Waals surface area contributed by atoms with E-state index in [-0.39, 0.29) is 4.90 Å². The minimum Gasteiger partial charge on any atom is -0.624 e. The molecule has 0 aliphatic carbocycles. The maximum absolute atomic E-state index is 12.3. The zero-order chi connectivity index (χ0) is 18.5. The molecule has 2 aromatic carbocycles. The normalized spacial score (nSPS) is 12.8. The third-order valence-electron chi connectivity index (χ3n) is 3.65. The van der Waals surface area contributed by atoms with Crippen LogP contribution in [0.3, 0.4) is 0 Å². The summed E-state index contributed by atoms with van der Waals surface area (Å²) in [5, 5.41) is 11.8. The van der Waals surface area contributed by atoms with Gasteiger partial charge in [0, 0.05) is 32.9 Å². The lowest BCUT2D eigenvalue weighted by Crippen LogP contribution is -2.29. The van der Waals surface area contributed by atoms with Gasteiger partial charge in [-0.05, 0) is 36.2 Å². The Labute approximate surface area is 149 Å². The largest absolute Gasteiger partial charge is 0.624 e. The predicted octanol–water partition coefficient (Wildman–Crippen LogP) is 3.80. The molecule has 2 aromatic rings. The molecule has 134 valence electrons. The van der Waals surface area contributed by atoms with E-state index in [9.17, 15) is 13.6 Å². The minimum absolute atomic E-state index is 0.228. The van der Waals surface area contributed by atoms with E-state index in [2.05, 4.69) is 4.72 Å². The second-order valence-electron chi connectivity index (χ2n) is 6.83. The van der Waals surface area contributed by atoms with Gasteiger partial charge in [-0.2, -0.15) is 0 Å². The van der Waals surface area contributed by atoms with E-state index in [1.807, 2.05) is 32.9 Å². The molecule has 0 atom stereocenters. The van der Waals surface area contributed by atoms with Crippen molar-refractivity contribution < 1.29 is 13.2 Å². The van der Waals surface area contributed by atoms with Gasteiger partial charge in [0.25, 0.3) is 10.0 Å². The molecule has 0 aliphatic heterocycles. The van der Waals surface area contributed by atoms with Crippen LogP contribution in [0.4, 0.5) is 5.69 Å². The van der Waals surface area contributed by atoms with Crippen molar-refractivity contribution in [1.29, 1.82) is 0 Å². The third-order valence-corrected chi connectivity index (χ3v) is 5.05. The van der Waals surface area contributed by atoms with E-state index in [0.29, 0.717) is 12.1 Å². The molecule has 0 saturated carbocycles. The Hall–Kier alpha value is -2.34. The monoisotopic (exact) mass is 360 g/mol. The molecule has 0 unspecified atom stereocenters. The van der Waals surface area contributed by atoms with Gasteiger partial charge in [-0.25, -0.2) is 13.2 Å². The highest BCUT2D eigenvalue weighted by atomic mass is 32.2. The summed E-state index contributed by atoms with van der Waals surface area (Å²) in [6.07, 6.45) is 3.00. The van der Waals surface area contributed by atoms with Crippen LogP contribution in [-0.4, -0.2) is 24.9 Å². The number of anilines is 1. The Morgan fingerprint density at radius 3 is 2.20 bits per heavy atom. The molecular weight excluding hydrogens is 336 g/mol. The Balaban J connectivity index is 1.99. The fourth-order valence-electron chi connectivity index (χ4n) is 2.18. The SMILES string of the molecule is CC(C)(C)/[N+]([O-])=C\CCc1ccc(NS(=O)(=O)c2ccccc2)cc1. The van der Waals surface area contributed by atoms with Gasteiger partial charge in [-0.1, -0.05) is 30.3 Å². The molecule has 5 nitrogen and oxygen atoms in total. The lowest BCUT2D eigenvalue weighted by molar-refractivity contribution is -0.532. The molecule has 0 aliphatic rings. The van der Waals surface area contributed by atoms with E-state index < -0.39 is 15.6 Å². The first-order valence-corrected chi connectivity index (χ1v) is 9.63. The van der Waals surface area contributed by atoms with Gasteiger partial charge in [0.1, 0.15) is 0 Å². The molecular formula is C19H24N2O3S. The summed E-state index contributed by atoms with van der Waals surface area (Å²) in [6.45, 7) is 5.60. The zero-order valence-electron chi connectivity index (χ0n) is 14.8. The van der Waals surface area contributed by atoms with Crippen LogP contribution in [0.1, 0.15) is 32.8 Å². The minimum atomic E-state index is -3.57. The van der Waals surface area contributed by atoms with Crippen LogP contribution in [0.2, 0.25) is 0 Å². The maximum Gasteiger partial charge on any atom is 0.261 e. The van der Waals surface area contributed by atoms with Crippen molar-refractivity contribution in [1.82, 2.24) is 0 Å². The number of rotatable bonds is 6. The van der Waals surface area contributed by atoms with E-state index in [1.54, 1.807) is 48.7 Å². The Morgan fingerprint density at radius 2 is 1.64 bits per heavy atom. The van der Waals surface area contributed by atoms with E-state index in [1.165, 1.54) is 0 Å². The summed E-state index contributed by atoms with van der Waals surface area (Å²) in [6, 6.07) is 15.4. The first kappa shape index (κ1) is 19.0. The standard InChI is InChI=1S/C19H24N2O3S/c1-19(2,3)21(22)15-7-8-16-11-13-17(14-12-16)20-25(23,24)18-9-5-4-6-10-18/h4-6,9-15,20H,7-8H2,1-3H3/b21-15+. The third kappa shape index (κ3) is 5.60. The van der Waals surface area contributed by atoms with Gasteiger partial charge in [0.2, 0.25) is 0 Å². The summed E-state index contributed by atoms with van der Waals surface area (Å²) in [5.74, 6) is 0. The molecule has 0 heterocycles. The number of nitrogens with one attached hydrogen (secondary N) is 1. The fraction of sp³-hybridized carbons (Fsp3) is 0.316. The van der Waals surface area contributed by atoms with Crippen LogP contribution in [0, 0.1) is 5.21 Å². The molecule has 0 aromatic heterocycles. The molecule has 0 spiro atoms. The first-order valence-electron chi connectivity index (χ1n) is 8.15. The van der Waals surface area contributed by atoms with Crippen LogP contribution >= 0.6 is 0 Å². The number of nitrogens with zero attached hydrogens (tertiary/aromatic N) is 1. The number of hydroxylamine groups is 1. The smallest absolute Gasteiger partial charge is 0.261 e. The Bertz CT molecular complexity index is 821. The summed E-state index contributed by atoms with van der Waals surface area (Å²) in [5.41, 5.74) is 1.12. The van der Waals surface area contributed by atoms with Crippen LogP contribution in [-0.2, 0) is 16.4 Å². The highest BCUT2D eigenvalue weighted by molar-refractivity contribution is 7.92. The van der Waals surface area contributed by atoms with Gasteiger partial charge in [-0.15, -0.1) is 0 Å². The summed E-state index contributed by atoms with van der Waals surface area (Å²) < 4.78 is 28.1. The fourth-order valence-corrected chi connectivity index (χ4v) is 3.26. The van der Waals surface area contributed by atoms with Crippen molar-refractivity contribution in [3.05, 3.63) is 65.4 Å². The molecule has 1 N–H and O–H groups in total. The molecule has 0 amide bonds. The molecule has 2 rings (SSSR count). The lowest BCUT2D eigenvalue weighted by Gasteiger charge is -2.18. The summed E-state index contributed by atoms with van der Waals surface area (Å²) in [7, 11) is -3.57. The maximum atomic E-state index is 12.3. The quantitative estimate of drug-likeness (QED) is 0.369. The average molecular weight is 360 g/mol. The molecule has 6 heteroatoms. The molecule has 0 fully saturated rings. The van der Waals surface area contributed by atoms with Crippen LogP contribution in [0.15, 0.2) is 59.5 Å². The highest BCUT2D eigenvalue weighted by Gasteiger charge is 2.17. The van der Waals surface area contributed by atoms with Gasteiger partial charge >= 0.3 is 0 Å². The topological polar surface area (TPSA) is 72.2 Å². The number of benzene rings is 2.